The maximum absolute atomic E-state index is 14.4. The molecule has 0 aromatic heterocycles. The van der Waals surface area contributed by atoms with Crippen LogP contribution in [0.4, 0.5) is 0 Å². The number of ketones is 1. The molecule has 3 N–H and O–H groups in total. The Morgan fingerprint density at radius 1 is 1.11 bits per heavy atom. The highest BCUT2D eigenvalue weighted by atomic mass is 16.3. The summed E-state index contributed by atoms with van der Waals surface area (Å²) in [7, 11) is 0. The molecule has 3 fully saturated rings. The van der Waals surface area contributed by atoms with E-state index in [0.29, 0.717) is 19.4 Å². The summed E-state index contributed by atoms with van der Waals surface area (Å²) in [5.74, 6) is -0.533. The van der Waals surface area contributed by atoms with Crippen LogP contribution in [-0.4, -0.2) is 34.0 Å². The van der Waals surface area contributed by atoms with E-state index < -0.39 is 16.4 Å². The molecule has 1 amide bonds. The Kier molecular flexibility index (Phi) is 5.92. The second kappa shape index (κ2) is 8.19. The average Bonchev–Trinajstić information content (AvgIpc) is 2.82. The minimum absolute atomic E-state index is 0.0164. The first-order chi connectivity index (χ1) is 17.5. The van der Waals surface area contributed by atoms with E-state index in [9.17, 15) is 25.1 Å². The van der Waals surface area contributed by atoms with Gasteiger partial charge in [-0.05, 0) is 93.5 Å². The lowest BCUT2D eigenvalue weighted by Gasteiger charge is -2.69. The summed E-state index contributed by atoms with van der Waals surface area (Å²) in [5.41, 5.74) is -1.97. The summed E-state index contributed by atoms with van der Waals surface area (Å²) in [6.07, 6.45) is 7.94. The van der Waals surface area contributed by atoms with Crippen molar-refractivity contribution in [1.82, 2.24) is 5.32 Å². The Morgan fingerprint density at radius 3 is 2.39 bits per heavy atom. The lowest BCUT2D eigenvalue weighted by molar-refractivity contribution is -0.182. The summed E-state index contributed by atoms with van der Waals surface area (Å²) in [4.78, 5) is 28.1. The summed E-state index contributed by atoms with van der Waals surface area (Å²) in [6.45, 7) is 15.4. The van der Waals surface area contributed by atoms with Crippen molar-refractivity contribution in [1.29, 1.82) is 5.26 Å². The van der Waals surface area contributed by atoms with Gasteiger partial charge < -0.3 is 15.5 Å². The first kappa shape index (κ1) is 27.4. The van der Waals surface area contributed by atoms with Gasteiger partial charge in [0.1, 0.15) is 11.4 Å². The van der Waals surface area contributed by atoms with Gasteiger partial charge in [-0.1, -0.05) is 40.2 Å². The third-order valence-corrected chi connectivity index (χ3v) is 12.6. The number of hydrogen-bond donors (Lipinski definition) is 3. The van der Waals surface area contributed by atoms with Crippen LogP contribution >= 0.6 is 0 Å². The number of carbonyl (C=O) groups is 2. The molecule has 0 aromatic carbocycles. The molecule has 5 rings (SSSR count). The molecule has 0 spiro atoms. The zero-order valence-electron chi connectivity index (χ0n) is 24.3. The Bertz CT molecular complexity index is 1190. The van der Waals surface area contributed by atoms with Crippen LogP contribution in [-0.2, 0) is 9.59 Å². The molecule has 0 bridgehead atoms. The zero-order valence-corrected chi connectivity index (χ0v) is 24.3. The Hall–Kier alpha value is -2.13. The van der Waals surface area contributed by atoms with Crippen molar-refractivity contribution in [2.24, 2.45) is 44.8 Å². The predicted molar refractivity (Wildman–Crippen MR) is 146 cm³/mol. The van der Waals surface area contributed by atoms with E-state index in [1.165, 1.54) is 0 Å². The molecule has 0 aromatic rings. The monoisotopic (exact) mass is 522 g/mol. The number of fused-ring (bicyclic) bond motifs is 7. The van der Waals surface area contributed by atoms with Gasteiger partial charge in [0.2, 0.25) is 5.91 Å². The van der Waals surface area contributed by atoms with Crippen molar-refractivity contribution in [2.45, 2.75) is 105 Å². The SMILES string of the molecule is CCNC(=O)[C@]12CCC(C)(C)C[C@H]1[C@H]1C(=O)C=C3[C@@]4(C)CC(C#N)=C(O)[C@@](C)(O)[C@@H]4CC[C@@]3(C)[C@]1(C)CC2. The number of amides is 1. The van der Waals surface area contributed by atoms with Crippen molar-refractivity contribution in [3.63, 3.8) is 0 Å². The summed E-state index contributed by atoms with van der Waals surface area (Å²) in [5, 5.41) is 35.3. The Morgan fingerprint density at radius 2 is 1.76 bits per heavy atom. The fourth-order valence-corrected chi connectivity index (χ4v) is 10.3. The van der Waals surface area contributed by atoms with Crippen molar-refractivity contribution >= 4 is 11.7 Å². The first-order valence-corrected chi connectivity index (χ1v) is 14.6. The van der Waals surface area contributed by atoms with Gasteiger partial charge in [0.15, 0.2) is 5.78 Å². The summed E-state index contributed by atoms with van der Waals surface area (Å²) < 4.78 is 0. The van der Waals surface area contributed by atoms with Crippen molar-refractivity contribution < 1.29 is 19.8 Å². The number of allylic oxidation sites excluding steroid dienone is 3. The quantitative estimate of drug-likeness (QED) is 0.426. The number of rotatable bonds is 2. The maximum atomic E-state index is 14.4. The molecule has 0 saturated heterocycles. The van der Waals surface area contributed by atoms with Crippen molar-refractivity contribution in [3.05, 3.63) is 23.0 Å². The number of carbonyl (C=O) groups excluding carboxylic acids is 2. The van der Waals surface area contributed by atoms with E-state index in [0.717, 1.165) is 44.1 Å². The van der Waals surface area contributed by atoms with Crippen molar-refractivity contribution in [2.75, 3.05) is 6.54 Å². The standard InChI is InChI=1S/C32H46N2O4/c1-8-34-26(37)32-13-11-27(2,3)17-20(32)24-21(35)15-23-28(4)16-19(18-33)25(36)31(7,38)22(28)9-10-29(23,5)30(24,6)12-14-32/h15,20,22,24,36,38H,8-14,16-17H2,1-7H3,(H,34,37)/t20-,22+,24-,28-,29+,30+,31-,32-/m0/s1. The molecule has 0 radical (unpaired) electrons. The van der Waals surface area contributed by atoms with Gasteiger partial charge in [-0.3, -0.25) is 9.59 Å². The molecule has 0 heterocycles. The topological polar surface area (TPSA) is 110 Å². The highest BCUT2D eigenvalue weighted by Gasteiger charge is 2.71. The van der Waals surface area contributed by atoms with E-state index in [2.05, 4.69) is 46.0 Å². The van der Waals surface area contributed by atoms with Gasteiger partial charge in [-0.2, -0.15) is 5.26 Å². The fraction of sp³-hybridized carbons (Fsp3) is 0.781. The second-order valence-electron chi connectivity index (χ2n) is 15.0. The van der Waals surface area contributed by atoms with E-state index in [1.54, 1.807) is 6.92 Å². The molecule has 208 valence electrons. The van der Waals surface area contributed by atoms with Crippen LogP contribution in [0.3, 0.4) is 0 Å². The summed E-state index contributed by atoms with van der Waals surface area (Å²) >= 11 is 0. The van der Waals surface area contributed by atoms with E-state index in [-0.39, 0.29) is 57.0 Å². The van der Waals surface area contributed by atoms with Crippen LogP contribution in [0.15, 0.2) is 23.0 Å². The van der Waals surface area contributed by atoms with Crippen LogP contribution in [0, 0.1) is 56.2 Å². The lowest BCUT2D eigenvalue weighted by atomic mass is 9.34. The van der Waals surface area contributed by atoms with Gasteiger partial charge in [0, 0.05) is 23.8 Å². The van der Waals surface area contributed by atoms with E-state index in [4.69, 9.17) is 0 Å². The molecule has 5 aliphatic rings. The van der Waals surface area contributed by atoms with Gasteiger partial charge in [0.05, 0.1) is 17.1 Å². The minimum Gasteiger partial charge on any atom is -0.508 e. The van der Waals surface area contributed by atoms with Crippen molar-refractivity contribution in [3.8, 4) is 6.07 Å². The van der Waals surface area contributed by atoms with E-state index >= 15 is 0 Å². The summed E-state index contributed by atoms with van der Waals surface area (Å²) in [6, 6.07) is 2.14. The molecule has 3 saturated carbocycles. The largest absolute Gasteiger partial charge is 0.508 e. The number of nitrogens with one attached hydrogen (secondary N) is 1. The van der Waals surface area contributed by atoms with E-state index in [1.807, 2.05) is 13.0 Å². The molecular formula is C32H46N2O4. The number of aliphatic hydroxyl groups is 2. The van der Waals surface area contributed by atoms with Crippen LogP contribution in [0.5, 0.6) is 0 Å². The molecule has 6 nitrogen and oxygen atoms in total. The van der Waals surface area contributed by atoms with Gasteiger partial charge >= 0.3 is 0 Å². The van der Waals surface area contributed by atoms with Gasteiger partial charge in [-0.25, -0.2) is 0 Å². The molecule has 0 aliphatic heterocycles. The fourth-order valence-electron chi connectivity index (χ4n) is 10.3. The lowest BCUT2D eigenvalue weighted by Crippen LogP contribution is -2.67. The van der Waals surface area contributed by atoms with Gasteiger partial charge in [0.25, 0.3) is 0 Å². The van der Waals surface area contributed by atoms with Crippen LogP contribution < -0.4 is 5.32 Å². The normalized spacial score (nSPS) is 47.5. The van der Waals surface area contributed by atoms with Crippen LogP contribution in [0.25, 0.3) is 0 Å². The number of aliphatic hydroxyl groups excluding tert-OH is 1. The molecule has 8 atom stereocenters. The molecule has 6 heteroatoms. The smallest absolute Gasteiger partial charge is 0.226 e. The maximum Gasteiger partial charge on any atom is 0.226 e. The first-order valence-electron chi connectivity index (χ1n) is 14.6. The average molecular weight is 523 g/mol. The Labute approximate surface area is 227 Å². The number of nitriles is 1. The minimum atomic E-state index is -1.52. The highest BCUT2D eigenvalue weighted by molar-refractivity contribution is 5.96. The third-order valence-electron chi connectivity index (χ3n) is 12.6. The molecular weight excluding hydrogens is 476 g/mol. The zero-order chi connectivity index (χ0) is 28.1. The van der Waals surface area contributed by atoms with Gasteiger partial charge in [-0.15, -0.1) is 0 Å². The molecule has 38 heavy (non-hydrogen) atoms. The molecule has 0 unspecified atom stereocenters. The Balaban J connectivity index is 1.67. The predicted octanol–water partition coefficient (Wildman–Crippen LogP) is 5.77. The van der Waals surface area contributed by atoms with Crippen LogP contribution in [0.2, 0.25) is 0 Å². The number of nitrogens with zero attached hydrogens (tertiary/aromatic N) is 1. The third kappa shape index (κ3) is 3.26. The molecule has 5 aliphatic carbocycles. The highest BCUT2D eigenvalue weighted by Crippen LogP contribution is 2.74. The van der Waals surface area contributed by atoms with Crippen LogP contribution in [0.1, 0.15) is 99.8 Å². The second-order valence-corrected chi connectivity index (χ2v) is 15.0. The number of hydrogen-bond acceptors (Lipinski definition) is 5.